The molecule has 0 spiro atoms. The van der Waals surface area contributed by atoms with Crippen molar-refractivity contribution in [3.8, 4) is 11.8 Å². The molecule has 0 aliphatic carbocycles. The van der Waals surface area contributed by atoms with Crippen LogP contribution in [-0.2, 0) is 0 Å². The second kappa shape index (κ2) is 4.20. The molecular weight excluding hydrogens is 150 g/mol. The van der Waals surface area contributed by atoms with Gasteiger partial charge in [-0.1, -0.05) is 12.7 Å². The predicted octanol–water partition coefficient (Wildman–Crippen LogP) is 1.92. The zero-order chi connectivity index (χ0) is 8.81. The van der Waals surface area contributed by atoms with Crippen LogP contribution in [0.4, 0.5) is 0 Å². The molecule has 1 rings (SSSR count). The highest BCUT2D eigenvalue weighted by atomic mass is 16.5. The number of nitrogens with zero attached hydrogens (tertiary/aromatic N) is 1. The van der Waals surface area contributed by atoms with Crippen LogP contribution in [0, 0.1) is 17.4 Å². The van der Waals surface area contributed by atoms with Gasteiger partial charge in [0.25, 0.3) is 0 Å². The lowest BCUT2D eigenvalue weighted by Gasteiger charge is -2.01. The largest absolute Gasteiger partial charge is 0.490 e. The molecule has 0 saturated heterocycles. The molecule has 0 unspecified atom stereocenters. The zero-order valence-electron chi connectivity index (χ0n) is 6.58. The van der Waals surface area contributed by atoms with Gasteiger partial charge in [0, 0.05) is 6.07 Å². The van der Waals surface area contributed by atoms with Crippen LogP contribution in [0.15, 0.2) is 30.9 Å². The first-order chi connectivity index (χ1) is 5.86. The third-order valence-corrected chi connectivity index (χ3v) is 1.26. The molecule has 0 atom stereocenters. The summed E-state index contributed by atoms with van der Waals surface area (Å²) in [6.45, 7) is 3.97. The SMILES string of the molecule is C=CCOc1cc[c]c(C#N)c1. The number of hydrogen-bond acceptors (Lipinski definition) is 2. The van der Waals surface area contributed by atoms with E-state index < -0.39 is 0 Å². The summed E-state index contributed by atoms with van der Waals surface area (Å²) in [5, 5.41) is 8.53. The van der Waals surface area contributed by atoms with E-state index in [0.717, 1.165) is 0 Å². The lowest BCUT2D eigenvalue weighted by molar-refractivity contribution is 0.363. The summed E-state index contributed by atoms with van der Waals surface area (Å²) in [5.74, 6) is 0.671. The van der Waals surface area contributed by atoms with Crippen molar-refractivity contribution in [2.45, 2.75) is 0 Å². The standard InChI is InChI=1S/C10H8NO/c1-2-6-12-10-5-3-4-9(7-10)8-11/h2-3,5,7H,1,6H2. The minimum absolute atomic E-state index is 0.453. The molecule has 0 N–H and O–H groups in total. The molecule has 12 heavy (non-hydrogen) atoms. The Labute approximate surface area is 71.7 Å². The van der Waals surface area contributed by atoms with Crippen LogP contribution in [0.25, 0.3) is 0 Å². The van der Waals surface area contributed by atoms with E-state index in [0.29, 0.717) is 17.9 Å². The Morgan fingerprint density at radius 2 is 2.58 bits per heavy atom. The molecular formula is C10H8NO. The molecule has 0 aromatic heterocycles. The molecule has 0 fully saturated rings. The molecule has 0 amide bonds. The summed E-state index contributed by atoms with van der Waals surface area (Å²) in [6, 6.07) is 9.81. The van der Waals surface area contributed by atoms with Crippen LogP contribution in [0.3, 0.4) is 0 Å². The first-order valence-electron chi connectivity index (χ1n) is 3.52. The minimum atomic E-state index is 0.453. The topological polar surface area (TPSA) is 33.0 Å². The van der Waals surface area contributed by atoms with Crippen LogP contribution in [0.5, 0.6) is 5.75 Å². The van der Waals surface area contributed by atoms with Gasteiger partial charge in [0.15, 0.2) is 0 Å². The lowest BCUT2D eigenvalue weighted by atomic mass is 10.2. The Kier molecular flexibility index (Phi) is 2.92. The number of ether oxygens (including phenoxy) is 1. The molecule has 0 aliphatic rings. The summed E-state index contributed by atoms with van der Waals surface area (Å²) in [6.07, 6.45) is 1.66. The monoisotopic (exact) mass is 158 g/mol. The molecule has 0 saturated carbocycles. The van der Waals surface area contributed by atoms with Crippen molar-refractivity contribution in [3.63, 3.8) is 0 Å². The maximum Gasteiger partial charge on any atom is 0.121 e. The Hall–Kier alpha value is -1.75. The average Bonchev–Trinajstić information content (AvgIpc) is 2.15. The first-order valence-corrected chi connectivity index (χ1v) is 3.52. The lowest BCUT2D eigenvalue weighted by Crippen LogP contribution is -1.92. The Morgan fingerprint density at radius 3 is 3.25 bits per heavy atom. The smallest absolute Gasteiger partial charge is 0.121 e. The van der Waals surface area contributed by atoms with E-state index in [2.05, 4.69) is 12.6 Å². The van der Waals surface area contributed by atoms with Gasteiger partial charge in [-0.15, -0.1) is 0 Å². The summed E-state index contributed by atoms with van der Waals surface area (Å²) < 4.78 is 5.21. The number of hydrogen-bond donors (Lipinski definition) is 0. The average molecular weight is 158 g/mol. The van der Waals surface area contributed by atoms with E-state index >= 15 is 0 Å². The highest BCUT2D eigenvalue weighted by molar-refractivity contribution is 5.35. The van der Waals surface area contributed by atoms with Gasteiger partial charge in [-0.05, 0) is 18.2 Å². The summed E-state index contributed by atoms with van der Waals surface area (Å²) in [5.41, 5.74) is 0.483. The molecule has 1 aromatic rings. The van der Waals surface area contributed by atoms with Crippen molar-refractivity contribution in [1.82, 2.24) is 0 Å². The number of nitriles is 1. The number of rotatable bonds is 3. The fraction of sp³-hybridized carbons (Fsp3) is 0.100. The van der Waals surface area contributed by atoms with Crippen LogP contribution >= 0.6 is 0 Å². The molecule has 1 aromatic carbocycles. The highest BCUT2D eigenvalue weighted by Crippen LogP contribution is 2.11. The molecule has 2 nitrogen and oxygen atoms in total. The minimum Gasteiger partial charge on any atom is -0.490 e. The molecule has 0 heterocycles. The second-order valence-corrected chi connectivity index (χ2v) is 2.15. The van der Waals surface area contributed by atoms with Gasteiger partial charge in [-0.2, -0.15) is 5.26 Å². The quantitative estimate of drug-likeness (QED) is 0.629. The summed E-state index contributed by atoms with van der Waals surface area (Å²) in [7, 11) is 0. The molecule has 1 radical (unpaired) electrons. The molecule has 0 bridgehead atoms. The second-order valence-electron chi connectivity index (χ2n) is 2.15. The van der Waals surface area contributed by atoms with Crippen LogP contribution < -0.4 is 4.74 Å². The van der Waals surface area contributed by atoms with Gasteiger partial charge in [0.05, 0.1) is 11.6 Å². The molecule has 59 valence electrons. The van der Waals surface area contributed by atoms with Crippen molar-refractivity contribution in [2.75, 3.05) is 6.61 Å². The maximum absolute atomic E-state index is 8.53. The van der Waals surface area contributed by atoms with Crippen LogP contribution in [-0.4, -0.2) is 6.61 Å². The zero-order valence-corrected chi connectivity index (χ0v) is 6.58. The maximum atomic E-state index is 8.53. The first kappa shape index (κ1) is 8.35. The van der Waals surface area contributed by atoms with E-state index in [1.807, 2.05) is 6.07 Å². The van der Waals surface area contributed by atoms with Crippen molar-refractivity contribution in [1.29, 1.82) is 5.26 Å². The van der Waals surface area contributed by atoms with Crippen LogP contribution in [0.1, 0.15) is 5.56 Å². The molecule has 2 heteroatoms. The summed E-state index contributed by atoms with van der Waals surface area (Å²) >= 11 is 0. The predicted molar refractivity (Wildman–Crippen MR) is 45.7 cm³/mol. The Bertz CT molecular complexity index is 312. The van der Waals surface area contributed by atoms with E-state index in [9.17, 15) is 0 Å². The fourth-order valence-corrected chi connectivity index (χ4v) is 0.755. The van der Waals surface area contributed by atoms with Gasteiger partial charge in [0.2, 0.25) is 0 Å². The van der Waals surface area contributed by atoms with Gasteiger partial charge in [-0.3, -0.25) is 0 Å². The highest BCUT2D eigenvalue weighted by Gasteiger charge is 1.93. The van der Waals surface area contributed by atoms with Gasteiger partial charge in [0.1, 0.15) is 12.4 Å². The van der Waals surface area contributed by atoms with E-state index in [-0.39, 0.29) is 0 Å². The summed E-state index contributed by atoms with van der Waals surface area (Å²) in [4.78, 5) is 0. The van der Waals surface area contributed by atoms with E-state index in [1.54, 1.807) is 24.3 Å². The number of benzene rings is 1. The van der Waals surface area contributed by atoms with Gasteiger partial charge in [-0.25, -0.2) is 0 Å². The van der Waals surface area contributed by atoms with Crippen LogP contribution in [0.2, 0.25) is 0 Å². The Morgan fingerprint density at radius 1 is 1.75 bits per heavy atom. The van der Waals surface area contributed by atoms with Crippen molar-refractivity contribution < 1.29 is 4.74 Å². The normalized spacial score (nSPS) is 8.58. The van der Waals surface area contributed by atoms with Crippen molar-refractivity contribution in [3.05, 3.63) is 42.5 Å². The van der Waals surface area contributed by atoms with E-state index in [4.69, 9.17) is 10.00 Å². The van der Waals surface area contributed by atoms with Crippen molar-refractivity contribution in [2.24, 2.45) is 0 Å². The fourth-order valence-electron chi connectivity index (χ4n) is 0.755. The molecule has 0 aliphatic heterocycles. The third kappa shape index (κ3) is 2.14. The Balaban J connectivity index is 2.74. The van der Waals surface area contributed by atoms with Crippen molar-refractivity contribution >= 4 is 0 Å². The third-order valence-electron chi connectivity index (χ3n) is 1.26. The van der Waals surface area contributed by atoms with Gasteiger partial charge >= 0.3 is 0 Å². The van der Waals surface area contributed by atoms with E-state index in [1.165, 1.54) is 0 Å². The van der Waals surface area contributed by atoms with Gasteiger partial charge < -0.3 is 4.74 Å².